The molecule has 0 aliphatic carbocycles. The van der Waals surface area contributed by atoms with Gasteiger partial charge in [0, 0.05) is 0 Å². The number of hydrogen-bond donors (Lipinski definition) is 0. The molecule has 32 valence electrons. The second-order valence-corrected chi connectivity index (χ2v) is 94.7. The Hall–Kier alpha value is 2.79. The maximum atomic E-state index is 3.35. The minimum atomic E-state index is -2.03. The molecule has 0 aliphatic heterocycles. The monoisotopic (exact) mass is 496 g/mol. The third-order valence-corrected chi connectivity index (χ3v) is 0. The Bertz CT molecular complexity index is 19.1. The van der Waals surface area contributed by atoms with Gasteiger partial charge in [-0.25, -0.2) is 0 Å². The van der Waals surface area contributed by atoms with Crippen LogP contribution in [0.5, 0.6) is 0 Å². The molecule has 0 saturated heterocycles. The van der Waals surface area contributed by atoms with Crippen LogP contribution in [0.4, 0.5) is 0 Å². The van der Waals surface area contributed by atoms with Crippen molar-refractivity contribution in [2.75, 3.05) is 0 Å². The molecule has 0 atom stereocenters. The van der Waals surface area contributed by atoms with Crippen molar-refractivity contribution in [1.82, 2.24) is 0 Å². The molecule has 0 aromatic carbocycles. The van der Waals surface area contributed by atoms with Gasteiger partial charge >= 0.3 is 59.8 Å². The van der Waals surface area contributed by atoms with E-state index in [1.807, 2.05) is 0 Å². The quantitative estimate of drug-likeness (QED) is 0.450. The molecule has 0 spiro atoms. The van der Waals surface area contributed by atoms with Gasteiger partial charge in [-0.3, -0.25) is 0 Å². The van der Waals surface area contributed by atoms with Crippen molar-refractivity contribution in [2.45, 2.75) is 0 Å². The van der Waals surface area contributed by atoms with Crippen molar-refractivity contribution in [1.29, 1.82) is 0 Å². The summed E-state index contributed by atoms with van der Waals surface area (Å²) >= 11 is 13.4. The number of halogens is 4. The van der Waals surface area contributed by atoms with E-state index >= 15 is 0 Å². The zero-order chi connectivity index (χ0) is 4.50. The van der Waals surface area contributed by atoms with Crippen LogP contribution in [0.25, 0.3) is 0 Å². The van der Waals surface area contributed by atoms with E-state index < -0.39 is 10.7 Å². The van der Waals surface area contributed by atoms with Gasteiger partial charge in [-0.05, 0) is 0 Å². The molecule has 5 heteroatoms. The van der Waals surface area contributed by atoms with Crippen LogP contribution in [-0.4, -0.2) is 0 Å². The van der Waals surface area contributed by atoms with E-state index in [9.17, 15) is 0 Å². The fourth-order valence-corrected chi connectivity index (χ4v) is 0. The van der Waals surface area contributed by atoms with Crippen LogP contribution in [0, 0.1) is 0 Å². The van der Waals surface area contributed by atoms with E-state index in [4.69, 9.17) is 0 Å². The summed E-state index contributed by atoms with van der Waals surface area (Å²) in [5.74, 6) is 0. The molecule has 0 nitrogen and oxygen atoms in total. The Labute approximate surface area is 58.4 Å². The van der Waals surface area contributed by atoms with Gasteiger partial charge in [0.1, 0.15) is 0 Å². The molecule has 0 fully saturated rings. The minimum absolute atomic E-state index is 2.03. The molecule has 0 bridgehead atoms. The molecule has 0 radical (unpaired) electrons. The molecule has 0 saturated carbocycles. The molecular formula is Br4Hf. The predicted octanol–water partition coefficient (Wildman–Crippen LogP) is 3.38. The summed E-state index contributed by atoms with van der Waals surface area (Å²) < 4.78 is 0. The first kappa shape index (κ1) is 7.79. The Kier molecular flexibility index (Phi) is 4.59. The summed E-state index contributed by atoms with van der Waals surface area (Å²) in [6.07, 6.45) is 0. The van der Waals surface area contributed by atoms with Gasteiger partial charge in [0.25, 0.3) is 0 Å². The first-order chi connectivity index (χ1) is 2.00. The Morgan fingerprint density at radius 2 is 0.800 bits per heavy atom. The van der Waals surface area contributed by atoms with Crippen molar-refractivity contribution >= 4 is 49.2 Å². The van der Waals surface area contributed by atoms with Crippen LogP contribution >= 0.6 is 49.2 Å². The predicted molar refractivity (Wildman–Crippen MR) is 35.7 cm³/mol. The van der Waals surface area contributed by atoms with Gasteiger partial charge in [0.2, 0.25) is 0 Å². The van der Waals surface area contributed by atoms with Gasteiger partial charge in [0.05, 0.1) is 0 Å². The zero-order valence-electron chi connectivity index (χ0n) is 2.01. The maximum absolute atomic E-state index is 3.35. The normalized spacial score (nSPS) is 12.0. The molecule has 0 rings (SSSR count). The summed E-state index contributed by atoms with van der Waals surface area (Å²) in [4.78, 5) is 0. The fraction of sp³-hybridized carbons (Fsp3) is 0. The first-order valence-electron chi connectivity index (χ1n) is 0.756. The second-order valence-electron chi connectivity index (χ2n) is 0.429. The average Bonchev–Trinajstić information content (AvgIpc) is 0.722. The van der Waals surface area contributed by atoms with Crippen LogP contribution in [0.3, 0.4) is 0 Å². The molecule has 5 heavy (non-hydrogen) atoms. The standard InChI is InChI=1S/4BrH.Hf/h4*1H;/q;;;;+4/p-4. The number of hydrogen-bond acceptors (Lipinski definition) is 0. The zero-order valence-corrected chi connectivity index (χ0v) is 11.9. The van der Waals surface area contributed by atoms with E-state index in [1.54, 1.807) is 0 Å². The van der Waals surface area contributed by atoms with Crippen LogP contribution in [0.1, 0.15) is 0 Å². The number of rotatable bonds is 0. The van der Waals surface area contributed by atoms with Crippen LogP contribution in [-0.2, 0) is 10.7 Å². The summed E-state index contributed by atoms with van der Waals surface area (Å²) in [5, 5.41) is 0. The third kappa shape index (κ3) is 20.0. The van der Waals surface area contributed by atoms with Crippen molar-refractivity contribution in [3.05, 3.63) is 0 Å². The van der Waals surface area contributed by atoms with Crippen molar-refractivity contribution < 1.29 is 10.7 Å². The molecular weight excluding hydrogens is 498 g/mol. The summed E-state index contributed by atoms with van der Waals surface area (Å²) in [6, 6.07) is 0. The van der Waals surface area contributed by atoms with Crippen LogP contribution in [0.2, 0.25) is 0 Å². The molecule has 0 aromatic rings. The molecule has 0 N–H and O–H groups in total. The second kappa shape index (κ2) is 2.95. The van der Waals surface area contributed by atoms with E-state index in [0.29, 0.717) is 0 Å². The van der Waals surface area contributed by atoms with Gasteiger partial charge in [-0.15, -0.1) is 0 Å². The summed E-state index contributed by atoms with van der Waals surface area (Å²) in [7, 11) is -2.03. The van der Waals surface area contributed by atoms with E-state index in [2.05, 4.69) is 49.2 Å². The van der Waals surface area contributed by atoms with Crippen LogP contribution in [0.15, 0.2) is 0 Å². The molecule has 0 unspecified atom stereocenters. The SMILES string of the molecule is [Br][Hf]([Br])([Br])[Br]. The van der Waals surface area contributed by atoms with Crippen LogP contribution < -0.4 is 0 Å². The average molecular weight is 498 g/mol. The molecule has 0 heterocycles. The summed E-state index contributed by atoms with van der Waals surface area (Å²) in [6.45, 7) is 0. The fourth-order valence-electron chi connectivity index (χ4n) is 0. The van der Waals surface area contributed by atoms with Gasteiger partial charge in [-0.2, -0.15) is 0 Å². The third-order valence-electron chi connectivity index (χ3n) is 0. The Balaban J connectivity index is 3.02. The molecule has 0 aromatic heterocycles. The van der Waals surface area contributed by atoms with Gasteiger partial charge < -0.3 is 0 Å². The van der Waals surface area contributed by atoms with E-state index in [0.717, 1.165) is 0 Å². The van der Waals surface area contributed by atoms with Crippen molar-refractivity contribution in [3.63, 3.8) is 0 Å². The van der Waals surface area contributed by atoms with Gasteiger partial charge in [-0.1, -0.05) is 0 Å². The molecule has 0 amide bonds. The van der Waals surface area contributed by atoms with Crippen molar-refractivity contribution in [3.8, 4) is 0 Å². The van der Waals surface area contributed by atoms with E-state index in [-0.39, 0.29) is 0 Å². The molecule has 0 aliphatic rings. The topological polar surface area (TPSA) is 0 Å². The Morgan fingerprint density at radius 1 is 0.800 bits per heavy atom. The van der Waals surface area contributed by atoms with E-state index in [1.165, 1.54) is 0 Å². The Morgan fingerprint density at radius 3 is 0.800 bits per heavy atom. The van der Waals surface area contributed by atoms with Gasteiger partial charge in [0.15, 0.2) is 0 Å². The summed E-state index contributed by atoms with van der Waals surface area (Å²) in [5.41, 5.74) is 0. The first-order valence-corrected chi connectivity index (χ1v) is 32.2. The van der Waals surface area contributed by atoms with Crippen molar-refractivity contribution in [2.24, 2.45) is 0 Å².